The van der Waals surface area contributed by atoms with Crippen LogP contribution >= 0.6 is 0 Å². The average Bonchev–Trinajstić information content (AvgIpc) is 1.82. The molecule has 66 valence electrons. The summed E-state index contributed by atoms with van der Waals surface area (Å²) in [4.78, 5) is 16.7. The Bertz CT molecular complexity index is 420. The van der Waals surface area contributed by atoms with Crippen molar-refractivity contribution in [1.29, 1.82) is 0 Å². The van der Waals surface area contributed by atoms with E-state index in [2.05, 4.69) is 9.97 Å². The van der Waals surface area contributed by atoms with Crippen molar-refractivity contribution in [3.63, 3.8) is 0 Å². The van der Waals surface area contributed by atoms with E-state index >= 15 is 0 Å². The van der Waals surface area contributed by atoms with Gasteiger partial charge in [0.2, 0.25) is 0 Å². The average molecular weight is 188 g/mol. The van der Waals surface area contributed by atoms with Crippen molar-refractivity contribution in [2.24, 2.45) is 0 Å². The third kappa shape index (κ3) is 2.83. The maximum Gasteiger partial charge on any atom is 0.250 e. The van der Waals surface area contributed by atoms with Crippen LogP contribution in [0.1, 0.15) is 5.82 Å². The second-order valence-electron chi connectivity index (χ2n) is 2.45. The van der Waals surface area contributed by atoms with Crippen molar-refractivity contribution in [3.05, 3.63) is 28.4 Å². The van der Waals surface area contributed by atoms with E-state index in [0.717, 1.165) is 6.26 Å². The van der Waals surface area contributed by atoms with Crippen LogP contribution in [0.3, 0.4) is 0 Å². The zero-order chi connectivity index (χ0) is 9.19. The fourth-order valence-corrected chi connectivity index (χ4v) is 1.38. The number of H-pyrrole nitrogens is 1. The zero-order valence-electron chi connectivity index (χ0n) is 6.44. The van der Waals surface area contributed by atoms with Crippen molar-refractivity contribution in [2.75, 3.05) is 6.26 Å². The summed E-state index contributed by atoms with van der Waals surface area (Å²) in [6, 6.07) is 1.23. The van der Waals surface area contributed by atoms with E-state index in [-0.39, 0.29) is 17.1 Å². The van der Waals surface area contributed by atoms with Crippen LogP contribution in [0.4, 0.5) is 0 Å². The van der Waals surface area contributed by atoms with Gasteiger partial charge in [-0.3, -0.25) is 4.79 Å². The van der Waals surface area contributed by atoms with Gasteiger partial charge in [0.15, 0.2) is 9.84 Å². The van der Waals surface area contributed by atoms with E-state index < -0.39 is 9.84 Å². The normalized spacial score (nSPS) is 11.4. The third-order valence-electron chi connectivity index (χ3n) is 1.12. The van der Waals surface area contributed by atoms with Crippen molar-refractivity contribution in [1.82, 2.24) is 9.97 Å². The molecular formula is C6H8N2O3S. The lowest BCUT2D eigenvalue weighted by atomic mass is 10.6. The zero-order valence-corrected chi connectivity index (χ0v) is 7.26. The monoisotopic (exact) mass is 188 g/mol. The summed E-state index contributed by atoms with van der Waals surface area (Å²) in [7, 11) is -3.13. The highest BCUT2D eigenvalue weighted by atomic mass is 32.2. The molecular weight excluding hydrogens is 180 g/mol. The molecule has 0 saturated heterocycles. The van der Waals surface area contributed by atoms with E-state index in [4.69, 9.17) is 0 Å². The Morgan fingerprint density at radius 3 is 2.75 bits per heavy atom. The van der Waals surface area contributed by atoms with Crippen LogP contribution in [0.5, 0.6) is 0 Å². The van der Waals surface area contributed by atoms with Gasteiger partial charge in [-0.15, -0.1) is 0 Å². The first-order valence-electron chi connectivity index (χ1n) is 3.19. The largest absolute Gasteiger partial charge is 0.310 e. The van der Waals surface area contributed by atoms with Gasteiger partial charge in [0.25, 0.3) is 5.56 Å². The molecule has 0 saturated carbocycles. The molecule has 0 aliphatic heterocycles. The Kier molecular flexibility index (Phi) is 2.27. The third-order valence-corrected chi connectivity index (χ3v) is 1.92. The molecule has 0 unspecified atom stereocenters. The molecule has 5 nitrogen and oxygen atoms in total. The van der Waals surface area contributed by atoms with Gasteiger partial charge in [-0.25, -0.2) is 13.4 Å². The van der Waals surface area contributed by atoms with Gasteiger partial charge < -0.3 is 4.98 Å². The molecule has 0 spiro atoms. The lowest BCUT2D eigenvalue weighted by molar-refractivity contribution is 0.599. The van der Waals surface area contributed by atoms with Crippen molar-refractivity contribution >= 4 is 9.84 Å². The lowest BCUT2D eigenvalue weighted by Crippen LogP contribution is -2.12. The summed E-state index contributed by atoms with van der Waals surface area (Å²) in [5.41, 5.74) is -0.344. The molecule has 0 amide bonds. The van der Waals surface area contributed by atoms with Crippen molar-refractivity contribution in [2.45, 2.75) is 5.75 Å². The van der Waals surface area contributed by atoms with E-state index in [1.54, 1.807) is 0 Å². The van der Waals surface area contributed by atoms with Gasteiger partial charge in [0.05, 0.1) is 0 Å². The Hall–Kier alpha value is -1.17. The Balaban J connectivity index is 2.99. The Morgan fingerprint density at radius 1 is 1.58 bits per heavy atom. The predicted molar refractivity (Wildman–Crippen MR) is 43.4 cm³/mol. The maximum absolute atomic E-state index is 10.7. The molecule has 12 heavy (non-hydrogen) atoms. The van der Waals surface area contributed by atoms with Gasteiger partial charge in [-0.05, 0) is 0 Å². The molecule has 0 aliphatic carbocycles. The van der Waals surface area contributed by atoms with Crippen LogP contribution in [-0.4, -0.2) is 24.6 Å². The molecule has 0 aliphatic rings. The Morgan fingerprint density at radius 2 is 2.25 bits per heavy atom. The topological polar surface area (TPSA) is 79.9 Å². The second kappa shape index (κ2) is 3.06. The summed E-state index contributed by atoms with van der Waals surface area (Å²) >= 11 is 0. The summed E-state index contributed by atoms with van der Waals surface area (Å²) in [6.45, 7) is 0. The number of rotatable bonds is 2. The second-order valence-corrected chi connectivity index (χ2v) is 4.59. The van der Waals surface area contributed by atoms with Crippen LogP contribution in [0, 0.1) is 0 Å². The molecule has 6 heteroatoms. The molecule has 1 rings (SSSR count). The molecule has 1 N–H and O–H groups in total. The first-order chi connectivity index (χ1) is 5.47. The fourth-order valence-electron chi connectivity index (χ4n) is 0.733. The number of hydrogen-bond donors (Lipinski definition) is 1. The summed E-state index contributed by atoms with van der Waals surface area (Å²) in [6.07, 6.45) is 2.36. The minimum absolute atomic E-state index is 0.171. The van der Waals surface area contributed by atoms with Crippen LogP contribution < -0.4 is 5.56 Å². The SMILES string of the molecule is CS(=O)(=O)Cc1nccc(=O)[nH]1. The highest BCUT2D eigenvalue weighted by Crippen LogP contribution is 1.93. The molecule has 1 heterocycles. The van der Waals surface area contributed by atoms with E-state index in [1.807, 2.05) is 0 Å². The number of nitrogens with zero attached hydrogens (tertiary/aromatic N) is 1. The standard InChI is InChI=1S/C6H8N2O3S/c1-12(10,11)4-5-7-3-2-6(9)8-5/h2-3H,4H2,1H3,(H,7,8,9). The molecule has 0 aromatic carbocycles. The molecule has 0 atom stereocenters. The van der Waals surface area contributed by atoms with E-state index in [9.17, 15) is 13.2 Å². The number of aromatic amines is 1. The van der Waals surface area contributed by atoms with Crippen molar-refractivity contribution in [3.8, 4) is 0 Å². The van der Waals surface area contributed by atoms with Gasteiger partial charge >= 0.3 is 0 Å². The van der Waals surface area contributed by atoms with Gasteiger partial charge in [-0.2, -0.15) is 0 Å². The molecule has 1 aromatic heterocycles. The molecule has 0 bridgehead atoms. The van der Waals surface area contributed by atoms with Crippen LogP contribution in [-0.2, 0) is 15.6 Å². The van der Waals surface area contributed by atoms with Gasteiger partial charge in [-0.1, -0.05) is 0 Å². The quantitative estimate of drug-likeness (QED) is 0.666. The predicted octanol–water partition coefficient (Wildman–Crippen LogP) is -0.685. The van der Waals surface area contributed by atoms with Crippen LogP contribution in [0.2, 0.25) is 0 Å². The molecule has 1 aromatic rings. The minimum Gasteiger partial charge on any atom is -0.310 e. The number of nitrogens with one attached hydrogen (secondary N) is 1. The fraction of sp³-hybridized carbons (Fsp3) is 0.333. The maximum atomic E-state index is 10.7. The van der Waals surface area contributed by atoms with Crippen LogP contribution in [0.15, 0.2) is 17.1 Å². The minimum atomic E-state index is -3.13. The molecule has 0 radical (unpaired) electrons. The summed E-state index contributed by atoms with van der Waals surface area (Å²) < 4.78 is 21.5. The highest BCUT2D eigenvalue weighted by molar-refractivity contribution is 7.89. The van der Waals surface area contributed by atoms with E-state index in [0.29, 0.717) is 0 Å². The van der Waals surface area contributed by atoms with Crippen molar-refractivity contribution < 1.29 is 8.42 Å². The number of sulfone groups is 1. The van der Waals surface area contributed by atoms with Gasteiger partial charge in [0.1, 0.15) is 11.6 Å². The summed E-state index contributed by atoms with van der Waals surface area (Å²) in [5, 5.41) is 0. The first-order valence-corrected chi connectivity index (χ1v) is 5.25. The molecule has 0 fully saturated rings. The number of hydrogen-bond acceptors (Lipinski definition) is 4. The van der Waals surface area contributed by atoms with Crippen LogP contribution in [0.25, 0.3) is 0 Å². The first kappa shape index (κ1) is 8.92. The van der Waals surface area contributed by atoms with E-state index in [1.165, 1.54) is 12.3 Å². The summed E-state index contributed by atoms with van der Waals surface area (Å²) in [5.74, 6) is -0.0618. The highest BCUT2D eigenvalue weighted by Gasteiger charge is 2.05. The lowest BCUT2D eigenvalue weighted by Gasteiger charge is -1.95. The number of aromatic nitrogens is 2. The Labute approximate surface area is 69.4 Å². The smallest absolute Gasteiger partial charge is 0.250 e. The van der Waals surface area contributed by atoms with Gasteiger partial charge in [0, 0.05) is 18.5 Å².